The molecule has 4 aliphatic rings. The van der Waals surface area contributed by atoms with E-state index in [2.05, 4.69) is 10.6 Å². The Kier molecular flexibility index (Phi) is 4.37. The van der Waals surface area contributed by atoms with Crippen LogP contribution in [0.1, 0.15) is 5.56 Å². The second kappa shape index (κ2) is 6.78. The molecule has 0 aromatic heterocycles. The zero-order valence-electron chi connectivity index (χ0n) is 15.5. The highest BCUT2D eigenvalue weighted by Crippen LogP contribution is 2.40. The van der Waals surface area contributed by atoms with Crippen molar-refractivity contribution >= 4 is 11.8 Å². The minimum Gasteiger partial charge on any atom is -0.357 e. The molecular formula is C19H23N3O6. The van der Waals surface area contributed by atoms with Gasteiger partial charge in [-0.05, 0) is 0 Å². The topological polar surface area (TPSA) is 98.4 Å². The lowest BCUT2D eigenvalue weighted by atomic mass is 10.1. The van der Waals surface area contributed by atoms with Crippen LogP contribution < -0.4 is 10.6 Å². The summed E-state index contributed by atoms with van der Waals surface area (Å²) >= 11 is 0. The summed E-state index contributed by atoms with van der Waals surface area (Å²) in [4.78, 5) is 26.9. The summed E-state index contributed by atoms with van der Waals surface area (Å²) in [6, 6.07) is 9.65. The third kappa shape index (κ3) is 2.82. The molecule has 0 spiro atoms. The molecule has 1 aromatic rings. The number of benzene rings is 1. The van der Waals surface area contributed by atoms with Crippen LogP contribution in [-0.2, 0) is 34.3 Å². The lowest BCUT2D eigenvalue weighted by Gasteiger charge is -2.32. The Morgan fingerprint density at radius 1 is 1.11 bits per heavy atom. The molecule has 28 heavy (non-hydrogen) atoms. The van der Waals surface area contributed by atoms with Crippen LogP contribution in [0.25, 0.3) is 0 Å². The first-order chi connectivity index (χ1) is 13.6. The number of hydrogen-bond acceptors (Lipinski definition) is 7. The van der Waals surface area contributed by atoms with Crippen molar-refractivity contribution in [2.45, 2.75) is 36.5 Å². The van der Waals surface area contributed by atoms with Crippen molar-refractivity contribution in [3.63, 3.8) is 0 Å². The largest absolute Gasteiger partial charge is 0.357 e. The molecule has 4 heterocycles. The number of carbonyl (C=O) groups is 2. The van der Waals surface area contributed by atoms with E-state index in [0.717, 1.165) is 5.56 Å². The Bertz CT molecular complexity index is 776. The zero-order chi connectivity index (χ0) is 19.3. The first-order valence-corrected chi connectivity index (χ1v) is 9.53. The fourth-order valence-electron chi connectivity index (χ4n) is 4.34. The van der Waals surface area contributed by atoms with Gasteiger partial charge >= 0.3 is 0 Å². The predicted octanol–water partition coefficient (Wildman–Crippen LogP) is -1.08. The molecule has 9 heteroatoms. The number of amides is 2. The molecule has 4 aliphatic heterocycles. The first kappa shape index (κ1) is 18.0. The van der Waals surface area contributed by atoms with Crippen LogP contribution in [0.4, 0.5) is 0 Å². The number of hydrogen-bond donors (Lipinski definition) is 2. The molecular weight excluding hydrogens is 366 g/mol. The molecule has 4 saturated heterocycles. The number of nitrogens with one attached hydrogen (secondary N) is 2. The van der Waals surface area contributed by atoms with Crippen LogP contribution >= 0.6 is 0 Å². The van der Waals surface area contributed by atoms with Gasteiger partial charge in [0.25, 0.3) is 11.8 Å². The Labute approximate surface area is 162 Å². The molecule has 6 atom stereocenters. The molecule has 0 unspecified atom stereocenters. The van der Waals surface area contributed by atoms with Gasteiger partial charge in [-0.25, -0.2) is 0 Å². The van der Waals surface area contributed by atoms with E-state index in [1.807, 2.05) is 30.3 Å². The molecule has 5 rings (SSSR count). The number of likely N-dealkylation sites (N-methyl/N-ethyl adjacent to an activating group) is 1. The van der Waals surface area contributed by atoms with Gasteiger partial charge in [0, 0.05) is 19.2 Å². The second-order valence-corrected chi connectivity index (χ2v) is 7.46. The summed E-state index contributed by atoms with van der Waals surface area (Å²) in [5.74, 6) is -1.37. The number of ether oxygens (including phenoxy) is 4. The first-order valence-electron chi connectivity index (χ1n) is 9.53. The number of carbonyl (C=O) groups excluding carboxylic acids is 2. The van der Waals surface area contributed by atoms with Crippen molar-refractivity contribution in [2.24, 2.45) is 0 Å². The molecule has 0 aliphatic carbocycles. The minimum atomic E-state index is -0.961. The van der Waals surface area contributed by atoms with Gasteiger partial charge in [0.15, 0.2) is 18.5 Å². The predicted molar refractivity (Wildman–Crippen MR) is 94.9 cm³/mol. The summed E-state index contributed by atoms with van der Waals surface area (Å²) in [6.45, 7) is 1.57. The average molecular weight is 389 g/mol. The van der Waals surface area contributed by atoms with Gasteiger partial charge in [-0.15, -0.1) is 0 Å². The molecule has 2 amide bonds. The SMILES string of the molecule is CNC(=O)[C@@H]1O[C@@H]2CN(C(=O)[C@@H]3O[C@]4(c5ccccc5)CNC[C@H]3O4)C[C@H]1O2. The van der Waals surface area contributed by atoms with E-state index in [4.69, 9.17) is 18.9 Å². The summed E-state index contributed by atoms with van der Waals surface area (Å²) in [5.41, 5.74) is 0.882. The molecule has 2 N–H and O–H groups in total. The van der Waals surface area contributed by atoms with Gasteiger partial charge in [0.05, 0.1) is 19.6 Å². The smallest absolute Gasteiger partial charge is 0.254 e. The van der Waals surface area contributed by atoms with Gasteiger partial charge in [0.2, 0.25) is 5.79 Å². The normalized spacial score (nSPS) is 39.0. The number of morpholine rings is 2. The van der Waals surface area contributed by atoms with E-state index >= 15 is 0 Å². The third-order valence-electron chi connectivity index (χ3n) is 5.71. The van der Waals surface area contributed by atoms with Crippen molar-refractivity contribution in [3.8, 4) is 0 Å². The fraction of sp³-hybridized carbons (Fsp3) is 0.579. The standard InChI is InChI=1S/C19H23N3O6/c1-20-17(23)15-13-8-22(9-14(25-13)26-15)18(24)16-12-7-21-10-19(27-12,28-16)11-5-3-2-4-6-11/h2-6,12-16,21H,7-10H2,1H3,(H,20,23)/t12-,13-,14-,15-,16-,19+/m1/s1. The van der Waals surface area contributed by atoms with Crippen LogP contribution in [0.3, 0.4) is 0 Å². The van der Waals surface area contributed by atoms with Gasteiger partial charge in [-0.1, -0.05) is 30.3 Å². The van der Waals surface area contributed by atoms with Crippen molar-refractivity contribution < 1.29 is 28.5 Å². The average Bonchev–Trinajstić information content (AvgIpc) is 3.19. The Morgan fingerprint density at radius 3 is 2.71 bits per heavy atom. The van der Waals surface area contributed by atoms with E-state index in [9.17, 15) is 9.59 Å². The second-order valence-electron chi connectivity index (χ2n) is 7.46. The molecule has 0 saturated carbocycles. The number of nitrogens with zero attached hydrogens (tertiary/aromatic N) is 1. The highest BCUT2D eigenvalue weighted by Gasteiger charge is 2.56. The van der Waals surface area contributed by atoms with Gasteiger partial charge in [-0.2, -0.15) is 0 Å². The lowest BCUT2D eigenvalue weighted by Crippen LogP contribution is -2.54. The van der Waals surface area contributed by atoms with E-state index < -0.39 is 30.4 Å². The van der Waals surface area contributed by atoms with Crippen LogP contribution in [0, 0.1) is 0 Å². The van der Waals surface area contributed by atoms with Crippen LogP contribution in [0.5, 0.6) is 0 Å². The van der Waals surface area contributed by atoms with Crippen molar-refractivity contribution in [1.29, 1.82) is 0 Å². The van der Waals surface area contributed by atoms with E-state index in [-0.39, 0.29) is 31.0 Å². The highest BCUT2D eigenvalue weighted by molar-refractivity contribution is 5.84. The Hall–Kier alpha value is -2.04. The Morgan fingerprint density at radius 2 is 1.93 bits per heavy atom. The van der Waals surface area contributed by atoms with Crippen molar-refractivity contribution in [3.05, 3.63) is 35.9 Å². The van der Waals surface area contributed by atoms with Crippen LogP contribution in [0.15, 0.2) is 30.3 Å². The Balaban J connectivity index is 1.33. The maximum absolute atomic E-state index is 13.3. The summed E-state index contributed by atoms with van der Waals surface area (Å²) in [7, 11) is 1.55. The summed E-state index contributed by atoms with van der Waals surface area (Å²) < 4.78 is 23.7. The molecule has 9 nitrogen and oxygen atoms in total. The van der Waals surface area contributed by atoms with E-state index in [0.29, 0.717) is 13.1 Å². The van der Waals surface area contributed by atoms with Gasteiger partial charge in [-0.3, -0.25) is 9.59 Å². The lowest BCUT2D eigenvalue weighted by molar-refractivity contribution is -0.196. The highest BCUT2D eigenvalue weighted by atomic mass is 16.8. The fourth-order valence-corrected chi connectivity index (χ4v) is 4.34. The molecule has 0 radical (unpaired) electrons. The summed E-state index contributed by atoms with van der Waals surface area (Å²) in [5, 5.41) is 5.88. The molecule has 1 aromatic carbocycles. The zero-order valence-corrected chi connectivity index (χ0v) is 15.5. The summed E-state index contributed by atoms with van der Waals surface area (Å²) in [6.07, 6.45) is -2.88. The number of rotatable bonds is 3. The van der Waals surface area contributed by atoms with E-state index in [1.54, 1.807) is 11.9 Å². The third-order valence-corrected chi connectivity index (χ3v) is 5.71. The maximum Gasteiger partial charge on any atom is 0.254 e. The number of fused-ring (bicyclic) bond motifs is 4. The van der Waals surface area contributed by atoms with Crippen molar-refractivity contribution in [1.82, 2.24) is 15.5 Å². The van der Waals surface area contributed by atoms with Gasteiger partial charge in [0.1, 0.15) is 12.2 Å². The van der Waals surface area contributed by atoms with Gasteiger partial charge < -0.3 is 34.5 Å². The molecule has 4 fully saturated rings. The van der Waals surface area contributed by atoms with Crippen molar-refractivity contribution in [2.75, 3.05) is 33.2 Å². The monoisotopic (exact) mass is 389 g/mol. The van der Waals surface area contributed by atoms with E-state index in [1.165, 1.54) is 0 Å². The molecule has 4 bridgehead atoms. The van der Waals surface area contributed by atoms with Crippen LogP contribution in [-0.4, -0.2) is 80.6 Å². The molecule has 150 valence electrons. The minimum absolute atomic E-state index is 0.161. The van der Waals surface area contributed by atoms with Crippen LogP contribution in [0.2, 0.25) is 0 Å². The quantitative estimate of drug-likeness (QED) is 0.679. The maximum atomic E-state index is 13.3.